The molecule has 1 fully saturated rings. The van der Waals surface area contributed by atoms with Crippen molar-refractivity contribution in [2.75, 3.05) is 13.1 Å². The molecular weight excluding hydrogens is 208 g/mol. The highest BCUT2D eigenvalue weighted by Crippen LogP contribution is 2.27. The van der Waals surface area contributed by atoms with E-state index >= 15 is 0 Å². The van der Waals surface area contributed by atoms with Gasteiger partial charge in [-0.25, -0.2) is 0 Å². The summed E-state index contributed by atoms with van der Waals surface area (Å²) in [4.78, 5) is 2.77. The summed E-state index contributed by atoms with van der Waals surface area (Å²) in [5.41, 5.74) is 0.360. The minimum absolute atomic E-state index is 0.360. The molecule has 1 aliphatic rings. The second-order valence-electron chi connectivity index (χ2n) is 6.01. The average Bonchev–Trinajstić information content (AvgIpc) is 2.32. The normalized spacial score (nSPS) is 32.6. The fourth-order valence-corrected chi connectivity index (χ4v) is 3.14. The van der Waals surface area contributed by atoms with Crippen molar-refractivity contribution < 1.29 is 0 Å². The van der Waals surface area contributed by atoms with Crippen molar-refractivity contribution in [3.05, 3.63) is 0 Å². The molecule has 1 rings (SSSR count). The topological polar surface area (TPSA) is 15.3 Å². The van der Waals surface area contributed by atoms with E-state index in [9.17, 15) is 0 Å². The number of hydrogen-bond acceptors (Lipinski definition) is 2. The Balaban J connectivity index is 2.69. The summed E-state index contributed by atoms with van der Waals surface area (Å²) in [6.07, 6.45) is 6.47. The Hall–Kier alpha value is -0.0800. The molecule has 3 atom stereocenters. The summed E-state index contributed by atoms with van der Waals surface area (Å²) in [6.45, 7) is 14.1. The van der Waals surface area contributed by atoms with Crippen LogP contribution in [-0.2, 0) is 0 Å². The van der Waals surface area contributed by atoms with Gasteiger partial charge in [-0.15, -0.1) is 0 Å². The maximum atomic E-state index is 3.75. The van der Waals surface area contributed by atoms with Crippen molar-refractivity contribution in [3.8, 4) is 0 Å². The molecule has 3 unspecified atom stereocenters. The minimum atomic E-state index is 0.360. The first kappa shape index (κ1) is 15.0. The fourth-order valence-electron chi connectivity index (χ4n) is 3.14. The third kappa shape index (κ3) is 3.69. The molecule has 1 heterocycles. The molecule has 1 aliphatic heterocycles. The molecule has 2 nitrogen and oxygen atoms in total. The molecule has 0 amide bonds. The molecule has 1 saturated heterocycles. The van der Waals surface area contributed by atoms with Gasteiger partial charge in [-0.3, -0.25) is 4.90 Å². The number of hydrogen-bond donors (Lipinski definition) is 1. The lowest BCUT2D eigenvalue weighted by Crippen LogP contribution is -2.65. The van der Waals surface area contributed by atoms with E-state index in [1.54, 1.807) is 0 Å². The van der Waals surface area contributed by atoms with Gasteiger partial charge in [0.1, 0.15) is 0 Å². The Morgan fingerprint density at radius 1 is 1.29 bits per heavy atom. The standard InChI is InChI=1S/C15H32N2/c1-6-9-13(4)17-11-14(10-7-2)16-12-15(17,5)8-3/h13-14,16H,6-12H2,1-5H3. The van der Waals surface area contributed by atoms with Crippen LogP contribution in [0.2, 0.25) is 0 Å². The Labute approximate surface area is 108 Å². The van der Waals surface area contributed by atoms with E-state index in [0.29, 0.717) is 11.6 Å². The molecule has 0 aromatic rings. The van der Waals surface area contributed by atoms with Crippen LogP contribution in [0, 0.1) is 0 Å². The minimum Gasteiger partial charge on any atom is -0.311 e. The third-order valence-corrected chi connectivity index (χ3v) is 4.52. The second kappa shape index (κ2) is 6.75. The Morgan fingerprint density at radius 2 is 2.00 bits per heavy atom. The van der Waals surface area contributed by atoms with E-state index in [4.69, 9.17) is 0 Å². The van der Waals surface area contributed by atoms with Gasteiger partial charge in [-0.2, -0.15) is 0 Å². The van der Waals surface area contributed by atoms with Crippen LogP contribution in [-0.4, -0.2) is 35.6 Å². The summed E-state index contributed by atoms with van der Waals surface area (Å²) >= 11 is 0. The predicted molar refractivity (Wildman–Crippen MR) is 76.5 cm³/mol. The summed E-state index contributed by atoms with van der Waals surface area (Å²) in [7, 11) is 0. The molecule has 0 spiro atoms. The van der Waals surface area contributed by atoms with E-state index < -0.39 is 0 Å². The number of nitrogens with one attached hydrogen (secondary N) is 1. The molecule has 0 radical (unpaired) electrons. The Kier molecular flexibility index (Phi) is 5.94. The van der Waals surface area contributed by atoms with E-state index in [-0.39, 0.29) is 0 Å². The lowest BCUT2D eigenvalue weighted by atomic mass is 9.89. The van der Waals surface area contributed by atoms with E-state index in [1.165, 1.54) is 38.6 Å². The molecule has 1 N–H and O–H groups in total. The highest BCUT2D eigenvalue weighted by molar-refractivity contribution is 4.96. The van der Waals surface area contributed by atoms with Gasteiger partial charge in [0.15, 0.2) is 0 Å². The van der Waals surface area contributed by atoms with Gasteiger partial charge >= 0.3 is 0 Å². The van der Waals surface area contributed by atoms with Crippen molar-refractivity contribution in [1.29, 1.82) is 0 Å². The monoisotopic (exact) mass is 240 g/mol. The molecule has 0 saturated carbocycles. The highest BCUT2D eigenvalue weighted by atomic mass is 15.3. The maximum Gasteiger partial charge on any atom is 0.0306 e. The number of piperazine rings is 1. The maximum absolute atomic E-state index is 3.75. The van der Waals surface area contributed by atoms with E-state index in [2.05, 4.69) is 44.8 Å². The van der Waals surface area contributed by atoms with Crippen LogP contribution in [0.5, 0.6) is 0 Å². The van der Waals surface area contributed by atoms with Crippen LogP contribution in [0.15, 0.2) is 0 Å². The van der Waals surface area contributed by atoms with Crippen LogP contribution < -0.4 is 5.32 Å². The zero-order valence-corrected chi connectivity index (χ0v) is 12.6. The lowest BCUT2D eigenvalue weighted by Gasteiger charge is -2.51. The van der Waals surface area contributed by atoms with Crippen molar-refractivity contribution in [2.45, 2.75) is 84.3 Å². The van der Waals surface area contributed by atoms with E-state index in [1.807, 2.05) is 0 Å². The quantitative estimate of drug-likeness (QED) is 0.765. The molecule has 17 heavy (non-hydrogen) atoms. The van der Waals surface area contributed by atoms with Gasteiger partial charge in [0.05, 0.1) is 0 Å². The van der Waals surface area contributed by atoms with Crippen LogP contribution in [0.25, 0.3) is 0 Å². The predicted octanol–water partition coefficient (Wildman–Crippen LogP) is 3.42. The summed E-state index contributed by atoms with van der Waals surface area (Å²) in [5.74, 6) is 0. The van der Waals surface area contributed by atoms with Gasteiger partial charge in [0, 0.05) is 30.7 Å². The van der Waals surface area contributed by atoms with Gasteiger partial charge in [-0.05, 0) is 33.1 Å². The van der Waals surface area contributed by atoms with Gasteiger partial charge in [0.25, 0.3) is 0 Å². The SMILES string of the molecule is CCCC1CN(C(C)CCC)C(C)(CC)CN1. The Morgan fingerprint density at radius 3 is 2.53 bits per heavy atom. The largest absolute Gasteiger partial charge is 0.311 e. The van der Waals surface area contributed by atoms with Crippen molar-refractivity contribution in [3.63, 3.8) is 0 Å². The number of rotatable bonds is 6. The van der Waals surface area contributed by atoms with Gasteiger partial charge in [0.2, 0.25) is 0 Å². The molecule has 0 aromatic heterocycles. The fraction of sp³-hybridized carbons (Fsp3) is 1.00. The van der Waals surface area contributed by atoms with Gasteiger partial charge < -0.3 is 5.32 Å². The number of nitrogens with zero attached hydrogens (tertiary/aromatic N) is 1. The molecule has 0 aliphatic carbocycles. The van der Waals surface area contributed by atoms with Crippen LogP contribution in [0.4, 0.5) is 0 Å². The third-order valence-electron chi connectivity index (χ3n) is 4.52. The highest BCUT2D eigenvalue weighted by Gasteiger charge is 2.38. The molecule has 0 bridgehead atoms. The molecule has 102 valence electrons. The van der Waals surface area contributed by atoms with Crippen LogP contribution >= 0.6 is 0 Å². The first-order chi connectivity index (χ1) is 8.07. The molecule has 2 heteroatoms. The van der Waals surface area contributed by atoms with Crippen LogP contribution in [0.3, 0.4) is 0 Å². The lowest BCUT2D eigenvalue weighted by molar-refractivity contribution is 0.0115. The second-order valence-corrected chi connectivity index (χ2v) is 6.01. The zero-order valence-electron chi connectivity index (χ0n) is 12.6. The van der Waals surface area contributed by atoms with Crippen molar-refractivity contribution >= 4 is 0 Å². The summed E-state index contributed by atoms with van der Waals surface area (Å²) in [6, 6.07) is 1.44. The molecular formula is C15H32N2. The van der Waals surface area contributed by atoms with Gasteiger partial charge in [-0.1, -0.05) is 33.6 Å². The van der Waals surface area contributed by atoms with Crippen LogP contribution in [0.1, 0.15) is 66.7 Å². The van der Waals surface area contributed by atoms with E-state index in [0.717, 1.165) is 12.6 Å². The first-order valence-corrected chi connectivity index (χ1v) is 7.57. The average molecular weight is 240 g/mol. The molecule has 0 aromatic carbocycles. The summed E-state index contributed by atoms with van der Waals surface area (Å²) in [5, 5.41) is 3.75. The smallest absolute Gasteiger partial charge is 0.0306 e. The summed E-state index contributed by atoms with van der Waals surface area (Å²) < 4.78 is 0. The zero-order chi connectivity index (χ0) is 12.9. The Bertz CT molecular complexity index is 217. The van der Waals surface area contributed by atoms with Crippen molar-refractivity contribution in [2.24, 2.45) is 0 Å². The first-order valence-electron chi connectivity index (χ1n) is 7.57. The van der Waals surface area contributed by atoms with Crippen molar-refractivity contribution in [1.82, 2.24) is 10.2 Å².